The first-order valence-corrected chi connectivity index (χ1v) is 11.1. The lowest BCUT2D eigenvalue weighted by molar-refractivity contribution is 0.0951. The van der Waals surface area contributed by atoms with Crippen LogP contribution in [0, 0.1) is 6.92 Å². The fourth-order valence-electron chi connectivity index (χ4n) is 2.93. The molecule has 0 radical (unpaired) electrons. The third kappa shape index (κ3) is 5.26. The van der Waals surface area contributed by atoms with E-state index in [2.05, 4.69) is 34.6 Å². The minimum atomic E-state index is -0.0707. The fraction of sp³-hybridized carbons (Fsp3) is 0.429. The third-order valence-corrected chi connectivity index (χ3v) is 5.51. The maximum absolute atomic E-state index is 12.4. The van der Waals surface area contributed by atoms with Crippen LogP contribution in [0.1, 0.15) is 42.6 Å². The van der Waals surface area contributed by atoms with Gasteiger partial charge in [-0.15, -0.1) is 0 Å². The number of nitrogens with zero attached hydrogens (tertiary/aromatic N) is 4. The highest BCUT2D eigenvalue weighted by Gasteiger charge is 2.14. The number of carbonyl (C=O) groups excluding carboxylic acids is 1. The molecule has 0 saturated carbocycles. The summed E-state index contributed by atoms with van der Waals surface area (Å²) < 4.78 is 1.84. The van der Waals surface area contributed by atoms with E-state index < -0.39 is 0 Å². The molecule has 0 aliphatic rings. The highest BCUT2D eigenvalue weighted by molar-refractivity contribution is 7.99. The molecule has 0 fully saturated rings. The van der Waals surface area contributed by atoms with E-state index in [9.17, 15) is 4.79 Å². The van der Waals surface area contributed by atoms with E-state index in [4.69, 9.17) is 4.98 Å². The number of aryl methyl sites for hydroxylation is 1. The molecule has 8 heteroatoms. The Balaban J connectivity index is 1.75. The quantitative estimate of drug-likeness (QED) is 0.388. The van der Waals surface area contributed by atoms with Crippen molar-refractivity contribution in [1.29, 1.82) is 0 Å². The lowest BCUT2D eigenvalue weighted by Gasteiger charge is -2.10. The summed E-state index contributed by atoms with van der Waals surface area (Å²) in [6.45, 7) is 8.07. The lowest BCUT2D eigenvalue weighted by Crippen LogP contribution is -2.28. The number of carbonyl (C=O) groups is 1. The molecule has 0 atom stereocenters. The van der Waals surface area contributed by atoms with Crippen LogP contribution in [0.3, 0.4) is 0 Å². The topological polar surface area (TPSA) is 84.7 Å². The van der Waals surface area contributed by atoms with Crippen molar-refractivity contribution in [3.05, 3.63) is 41.6 Å². The van der Waals surface area contributed by atoms with Gasteiger partial charge in [-0.25, -0.2) is 14.6 Å². The predicted octanol–water partition coefficient (Wildman–Crippen LogP) is 3.89. The number of benzene rings is 1. The first kappa shape index (κ1) is 21.1. The third-order valence-electron chi connectivity index (χ3n) is 4.45. The van der Waals surface area contributed by atoms with Crippen molar-refractivity contribution in [2.75, 3.05) is 24.2 Å². The Bertz CT molecular complexity index is 971. The highest BCUT2D eigenvalue weighted by Crippen LogP contribution is 2.24. The van der Waals surface area contributed by atoms with Gasteiger partial charge in [-0.05, 0) is 31.4 Å². The van der Waals surface area contributed by atoms with E-state index in [-0.39, 0.29) is 5.91 Å². The molecule has 0 aliphatic carbocycles. The van der Waals surface area contributed by atoms with Crippen LogP contribution in [0.15, 0.2) is 35.6 Å². The van der Waals surface area contributed by atoms with Crippen molar-refractivity contribution in [1.82, 2.24) is 25.1 Å². The van der Waals surface area contributed by atoms with Gasteiger partial charge < -0.3 is 10.6 Å². The number of thioether (sulfide) groups is 1. The SMILES string of the molecule is CCCNc1nc(SCCC)nc2c1cnn2CCNC(=O)c1ccccc1C. The van der Waals surface area contributed by atoms with E-state index in [1.54, 1.807) is 18.0 Å². The van der Waals surface area contributed by atoms with Crippen LogP contribution in [0.25, 0.3) is 11.0 Å². The minimum absolute atomic E-state index is 0.0707. The first-order chi connectivity index (χ1) is 14.1. The van der Waals surface area contributed by atoms with Gasteiger partial charge in [0.05, 0.1) is 18.1 Å². The van der Waals surface area contributed by atoms with E-state index in [1.807, 2.05) is 35.9 Å². The number of fused-ring (bicyclic) bond motifs is 1. The van der Waals surface area contributed by atoms with Gasteiger partial charge >= 0.3 is 0 Å². The highest BCUT2D eigenvalue weighted by atomic mass is 32.2. The molecule has 1 amide bonds. The van der Waals surface area contributed by atoms with Crippen LogP contribution >= 0.6 is 11.8 Å². The molecule has 154 valence electrons. The van der Waals surface area contributed by atoms with Crippen LogP contribution in [0.5, 0.6) is 0 Å². The molecule has 3 aromatic rings. The Morgan fingerprint density at radius 1 is 1.14 bits per heavy atom. The number of rotatable bonds is 10. The van der Waals surface area contributed by atoms with Crippen LogP contribution in [-0.2, 0) is 6.54 Å². The zero-order valence-corrected chi connectivity index (χ0v) is 18.1. The summed E-state index contributed by atoms with van der Waals surface area (Å²) in [7, 11) is 0. The van der Waals surface area contributed by atoms with Crippen LogP contribution in [-0.4, -0.2) is 44.5 Å². The van der Waals surface area contributed by atoms with E-state index in [1.165, 1.54) is 0 Å². The van der Waals surface area contributed by atoms with Gasteiger partial charge in [0, 0.05) is 24.4 Å². The summed E-state index contributed by atoms with van der Waals surface area (Å²) in [5.41, 5.74) is 2.46. The second-order valence-electron chi connectivity index (χ2n) is 6.81. The molecular weight excluding hydrogens is 384 g/mol. The molecule has 29 heavy (non-hydrogen) atoms. The van der Waals surface area contributed by atoms with E-state index in [0.717, 1.165) is 52.7 Å². The fourth-order valence-corrected chi connectivity index (χ4v) is 3.63. The lowest BCUT2D eigenvalue weighted by atomic mass is 10.1. The monoisotopic (exact) mass is 412 g/mol. The second kappa shape index (κ2) is 10.2. The Kier molecular flexibility index (Phi) is 7.46. The molecular formula is C21H28N6OS. The number of anilines is 1. The van der Waals surface area contributed by atoms with Gasteiger partial charge in [0.25, 0.3) is 5.91 Å². The normalized spacial score (nSPS) is 11.0. The molecule has 2 heterocycles. The molecule has 2 N–H and O–H groups in total. The standard InChI is InChI=1S/C21H28N6OS/c1-4-10-22-18-17-14-24-27(19(17)26-21(25-18)29-13-5-2)12-11-23-20(28)16-9-7-6-8-15(16)3/h6-9,14H,4-5,10-13H2,1-3H3,(H,23,28)(H,22,25,26). The van der Waals surface area contributed by atoms with Gasteiger partial charge in [0.2, 0.25) is 0 Å². The van der Waals surface area contributed by atoms with Crippen LogP contribution in [0.4, 0.5) is 5.82 Å². The number of aromatic nitrogens is 4. The maximum Gasteiger partial charge on any atom is 0.251 e. The van der Waals surface area contributed by atoms with Crippen molar-refractivity contribution in [3.63, 3.8) is 0 Å². The van der Waals surface area contributed by atoms with Gasteiger partial charge in [0.1, 0.15) is 5.82 Å². The van der Waals surface area contributed by atoms with Crippen molar-refractivity contribution < 1.29 is 4.79 Å². The molecule has 0 unspecified atom stereocenters. The zero-order valence-electron chi connectivity index (χ0n) is 17.2. The number of hydrogen-bond donors (Lipinski definition) is 2. The number of nitrogens with one attached hydrogen (secondary N) is 2. The van der Waals surface area contributed by atoms with Crippen molar-refractivity contribution in [3.8, 4) is 0 Å². The number of hydrogen-bond acceptors (Lipinski definition) is 6. The predicted molar refractivity (Wildman–Crippen MR) is 119 cm³/mol. The van der Waals surface area contributed by atoms with Gasteiger partial charge in [-0.3, -0.25) is 4.79 Å². The summed E-state index contributed by atoms with van der Waals surface area (Å²) in [4.78, 5) is 21.8. The summed E-state index contributed by atoms with van der Waals surface area (Å²) in [5, 5.41) is 12.5. The van der Waals surface area contributed by atoms with Gasteiger partial charge in [0.15, 0.2) is 10.8 Å². The Morgan fingerprint density at radius 3 is 2.72 bits per heavy atom. The summed E-state index contributed by atoms with van der Waals surface area (Å²) in [6.07, 6.45) is 3.88. The maximum atomic E-state index is 12.4. The Labute approximate surface area is 175 Å². The smallest absolute Gasteiger partial charge is 0.251 e. The zero-order chi connectivity index (χ0) is 20.6. The number of amides is 1. The largest absolute Gasteiger partial charge is 0.369 e. The molecule has 0 bridgehead atoms. The van der Waals surface area contributed by atoms with E-state index in [0.29, 0.717) is 18.7 Å². The Hall–Kier alpha value is -2.61. The molecule has 0 aliphatic heterocycles. The van der Waals surface area contributed by atoms with Crippen molar-refractivity contribution >= 4 is 34.5 Å². The van der Waals surface area contributed by atoms with Crippen LogP contribution < -0.4 is 10.6 Å². The minimum Gasteiger partial charge on any atom is -0.369 e. The summed E-state index contributed by atoms with van der Waals surface area (Å²) in [6, 6.07) is 7.58. The average Bonchev–Trinajstić information content (AvgIpc) is 3.13. The molecule has 1 aromatic carbocycles. The molecule has 2 aromatic heterocycles. The summed E-state index contributed by atoms with van der Waals surface area (Å²) >= 11 is 1.65. The van der Waals surface area contributed by atoms with Crippen molar-refractivity contribution in [2.24, 2.45) is 0 Å². The van der Waals surface area contributed by atoms with Crippen LogP contribution in [0.2, 0.25) is 0 Å². The molecule has 3 rings (SSSR count). The van der Waals surface area contributed by atoms with Crippen molar-refractivity contribution in [2.45, 2.75) is 45.3 Å². The summed E-state index contributed by atoms with van der Waals surface area (Å²) in [5.74, 6) is 1.73. The molecule has 0 spiro atoms. The first-order valence-electron chi connectivity index (χ1n) is 10.1. The van der Waals surface area contributed by atoms with Gasteiger partial charge in [-0.2, -0.15) is 5.10 Å². The van der Waals surface area contributed by atoms with Gasteiger partial charge in [-0.1, -0.05) is 43.8 Å². The second-order valence-corrected chi connectivity index (χ2v) is 7.87. The average molecular weight is 413 g/mol. The van der Waals surface area contributed by atoms with E-state index >= 15 is 0 Å². The Morgan fingerprint density at radius 2 is 1.97 bits per heavy atom. The molecule has 0 saturated heterocycles. The molecule has 7 nitrogen and oxygen atoms in total.